The largest absolute Gasteiger partial charge is 0.368 e. The van der Waals surface area contributed by atoms with E-state index in [1.54, 1.807) is 18.2 Å². The summed E-state index contributed by atoms with van der Waals surface area (Å²) in [6.07, 6.45) is 0. The molecule has 0 aliphatic rings. The fourth-order valence-electron chi connectivity index (χ4n) is 1.89. The highest BCUT2D eigenvalue weighted by Gasteiger charge is 2.18. The second-order valence-electron chi connectivity index (χ2n) is 4.38. The van der Waals surface area contributed by atoms with E-state index in [-0.39, 0.29) is 0 Å². The highest BCUT2D eigenvalue weighted by molar-refractivity contribution is 6.42. The predicted octanol–water partition coefficient (Wildman–Crippen LogP) is 3.31. The van der Waals surface area contributed by atoms with Gasteiger partial charge in [-0.1, -0.05) is 59.6 Å². The Balaban J connectivity index is 2.15. The van der Waals surface area contributed by atoms with Gasteiger partial charge in [-0.15, -0.1) is 0 Å². The van der Waals surface area contributed by atoms with Crippen molar-refractivity contribution in [3.8, 4) is 0 Å². The van der Waals surface area contributed by atoms with Crippen molar-refractivity contribution in [3.63, 3.8) is 0 Å². The maximum atomic E-state index is 11.6. The van der Waals surface area contributed by atoms with Crippen molar-refractivity contribution in [3.05, 3.63) is 69.7 Å². The summed E-state index contributed by atoms with van der Waals surface area (Å²) >= 11 is 11.8. The van der Waals surface area contributed by atoms with E-state index >= 15 is 0 Å². The topological polar surface area (TPSA) is 55.1 Å². The number of hydrogen-bond donors (Lipinski definition) is 2. The Kier molecular flexibility index (Phi) is 5.01. The molecule has 0 aromatic heterocycles. The second kappa shape index (κ2) is 6.75. The summed E-state index contributed by atoms with van der Waals surface area (Å²) in [5.41, 5.74) is 7.21. The summed E-state index contributed by atoms with van der Waals surface area (Å²) in [7, 11) is 0. The van der Waals surface area contributed by atoms with Gasteiger partial charge >= 0.3 is 0 Å². The van der Waals surface area contributed by atoms with Crippen molar-refractivity contribution in [2.24, 2.45) is 5.73 Å². The standard InChI is InChI=1S/C15H14Cl2N2O/c16-12-7-6-11(8-13(12)17)14(15(18)20)19-9-10-4-2-1-3-5-10/h1-8,14,19H,9H2,(H2,18,20). The molecule has 104 valence electrons. The van der Waals surface area contributed by atoms with Crippen molar-refractivity contribution in [1.82, 2.24) is 5.32 Å². The van der Waals surface area contributed by atoms with Crippen molar-refractivity contribution in [2.45, 2.75) is 12.6 Å². The van der Waals surface area contributed by atoms with E-state index < -0.39 is 11.9 Å². The average Bonchev–Trinajstić information content (AvgIpc) is 2.43. The van der Waals surface area contributed by atoms with Gasteiger partial charge in [-0.3, -0.25) is 10.1 Å². The Morgan fingerprint density at radius 2 is 1.80 bits per heavy atom. The molecule has 0 aliphatic heterocycles. The Morgan fingerprint density at radius 1 is 1.10 bits per heavy atom. The van der Waals surface area contributed by atoms with Crippen LogP contribution in [0.5, 0.6) is 0 Å². The van der Waals surface area contributed by atoms with Crippen molar-refractivity contribution >= 4 is 29.1 Å². The van der Waals surface area contributed by atoms with Gasteiger partial charge in [0.2, 0.25) is 5.91 Å². The number of amides is 1. The molecule has 0 fully saturated rings. The number of primary amides is 1. The first kappa shape index (κ1) is 14.9. The number of nitrogens with two attached hydrogens (primary N) is 1. The third-order valence-electron chi connectivity index (χ3n) is 2.91. The Labute approximate surface area is 127 Å². The van der Waals surface area contributed by atoms with Crippen LogP contribution in [0.1, 0.15) is 17.2 Å². The van der Waals surface area contributed by atoms with E-state index in [9.17, 15) is 4.79 Å². The van der Waals surface area contributed by atoms with Gasteiger partial charge in [0.15, 0.2) is 0 Å². The summed E-state index contributed by atoms with van der Waals surface area (Å²) in [5, 5.41) is 3.97. The van der Waals surface area contributed by atoms with Gasteiger partial charge < -0.3 is 5.73 Å². The monoisotopic (exact) mass is 308 g/mol. The van der Waals surface area contributed by atoms with E-state index in [2.05, 4.69) is 5.32 Å². The third kappa shape index (κ3) is 3.73. The molecule has 3 nitrogen and oxygen atoms in total. The molecule has 1 amide bonds. The van der Waals surface area contributed by atoms with Crippen LogP contribution in [0.2, 0.25) is 10.0 Å². The summed E-state index contributed by atoms with van der Waals surface area (Å²) in [5.74, 6) is -0.459. The zero-order chi connectivity index (χ0) is 14.5. The molecule has 2 aromatic carbocycles. The molecule has 20 heavy (non-hydrogen) atoms. The van der Waals surface area contributed by atoms with Gasteiger partial charge in [0.1, 0.15) is 6.04 Å². The first-order chi connectivity index (χ1) is 9.58. The Bertz CT molecular complexity index is 602. The SMILES string of the molecule is NC(=O)C(NCc1ccccc1)c1ccc(Cl)c(Cl)c1. The number of carbonyl (C=O) groups excluding carboxylic acids is 1. The lowest BCUT2D eigenvalue weighted by Crippen LogP contribution is -2.33. The first-order valence-corrected chi connectivity index (χ1v) is 6.85. The van der Waals surface area contributed by atoms with Crippen LogP contribution >= 0.6 is 23.2 Å². The fourth-order valence-corrected chi connectivity index (χ4v) is 2.20. The number of nitrogens with one attached hydrogen (secondary N) is 1. The van der Waals surface area contributed by atoms with E-state index in [0.717, 1.165) is 5.56 Å². The third-order valence-corrected chi connectivity index (χ3v) is 3.65. The van der Waals surface area contributed by atoms with Crippen LogP contribution in [0.3, 0.4) is 0 Å². The average molecular weight is 309 g/mol. The summed E-state index contributed by atoms with van der Waals surface area (Å²) in [4.78, 5) is 11.6. The van der Waals surface area contributed by atoms with Gasteiger partial charge in [-0.25, -0.2) is 0 Å². The molecule has 0 saturated carbocycles. The lowest BCUT2D eigenvalue weighted by atomic mass is 10.1. The molecule has 3 N–H and O–H groups in total. The molecular formula is C15H14Cl2N2O. The summed E-state index contributed by atoms with van der Waals surface area (Å²) in [6, 6.07) is 14.2. The smallest absolute Gasteiger partial charge is 0.239 e. The maximum absolute atomic E-state index is 11.6. The molecule has 0 radical (unpaired) electrons. The lowest BCUT2D eigenvalue weighted by Gasteiger charge is -2.16. The first-order valence-electron chi connectivity index (χ1n) is 6.09. The molecule has 1 atom stereocenters. The van der Waals surface area contributed by atoms with Gasteiger partial charge in [-0.05, 0) is 23.3 Å². The quantitative estimate of drug-likeness (QED) is 0.890. The van der Waals surface area contributed by atoms with Gasteiger partial charge in [0, 0.05) is 6.54 Å². The molecule has 0 bridgehead atoms. The minimum absolute atomic E-state index is 0.400. The van der Waals surface area contributed by atoms with Crippen LogP contribution in [0.4, 0.5) is 0 Å². The molecular weight excluding hydrogens is 295 g/mol. The molecule has 2 rings (SSSR count). The van der Waals surface area contributed by atoms with Crippen LogP contribution < -0.4 is 11.1 Å². The summed E-state index contributed by atoms with van der Waals surface area (Å²) in [6.45, 7) is 0.536. The van der Waals surface area contributed by atoms with Crippen molar-refractivity contribution < 1.29 is 4.79 Å². The number of hydrogen-bond acceptors (Lipinski definition) is 2. The zero-order valence-corrected chi connectivity index (χ0v) is 12.2. The minimum Gasteiger partial charge on any atom is -0.368 e. The predicted molar refractivity (Wildman–Crippen MR) is 81.7 cm³/mol. The minimum atomic E-state index is -0.607. The number of benzene rings is 2. The molecule has 0 saturated heterocycles. The van der Waals surface area contributed by atoms with Crippen LogP contribution in [0, 0.1) is 0 Å². The lowest BCUT2D eigenvalue weighted by molar-refractivity contribution is -0.120. The highest BCUT2D eigenvalue weighted by Crippen LogP contribution is 2.25. The fraction of sp³-hybridized carbons (Fsp3) is 0.133. The normalized spacial score (nSPS) is 12.1. The number of rotatable bonds is 5. The van der Waals surface area contributed by atoms with Crippen molar-refractivity contribution in [1.29, 1.82) is 0 Å². The number of carbonyl (C=O) groups is 1. The number of halogens is 2. The Hall–Kier alpha value is -1.55. The van der Waals surface area contributed by atoms with E-state index in [1.807, 2.05) is 30.3 Å². The molecule has 2 aromatic rings. The van der Waals surface area contributed by atoms with Crippen LogP contribution in [-0.2, 0) is 11.3 Å². The van der Waals surface area contributed by atoms with Crippen LogP contribution in [-0.4, -0.2) is 5.91 Å². The highest BCUT2D eigenvalue weighted by atomic mass is 35.5. The van der Waals surface area contributed by atoms with Crippen LogP contribution in [0.25, 0.3) is 0 Å². The van der Waals surface area contributed by atoms with Gasteiger partial charge in [0.05, 0.1) is 10.0 Å². The van der Waals surface area contributed by atoms with E-state index in [1.165, 1.54) is 0 Å². The molecule has 0 aliphatic carbocycles. The van der Waals surface area contributed by atoms with Crippen LogP contribution in [0.15, 0.2) is 48.5 Å². The van der Waals surface area contributed by atoms with E-state index in [0.29, 0.717) is 22.2 Å². The maximum Gasteiger partial charge on any atom is 0.239 e. The molecule has 1 unspecified atom stereocenters. The Morgan fingerprint density at radius 3 is 2.40 bits per heavy atom. The van der Waals surface area contributed by atoms with E-state index in [4.69, 9.17) is 28.9 Å². The second-order valence-corrected chi connectivity index (χ2v) is 5.19. The zero-order valence-electron chi connectivity index (χ0n) is 10.6. The molecule has 0 heterocycles. The van der Waals surface area contributed by atoms with Crippen molar-refractivity contribution in [2.75, 3.05) is 0 Å². The summed E-state index contributed by atoms with van der Waals surface area (Å²) < 4.78 is 0. The molecule has 0 spiro atoms. The van der Waals surface area contributed by atoms with Gasteiger partial charge in [-0.2, -0.15) is 0 Å². The van der Waals surface area contributed by atoms with Gasteiger partial charge in [0.25, 0.3) is 0 Å². The molecule has 5 heteroatoms.